The molecule has 1 unspecified atom stereocenters. The van der Waals surface area contributed by atoms with Crippen molar-refractivity contribution in [3.63, 3.8) is 0 Å². The van der Waals surface area contributed by atoms with E-state index < -0.39 is 5.97 Å². The van der Waals surface area contributed by atoms with E-state index in [1.54, 1.807) is 0 Å². The van der Waals surface area contributed by atoms with E-state index in [0.717, 1.165) is 13.3 Å². The van der Waals surface area contributed by atoms with E-state index in [0.29, 0.717) is 6.54 Å². The summed E-state index contributed by atoms with van der Waals surface area (Å²) in [4.78, 5) is 9.00. The van der Waals surface area contributed by atoms with E-state index in [4.69, 9.17) is 21.4 Å². The van der Waals surface area contributed by atoms with Gasteiger partial charge < -0.3 is 16.6 Å². The summed E-state index contributed by atoms with van der Waals surface area (Å²) in [6.45, 7) is 1.63. The molecule has 0 bridgehead atoms. The standard InChI is InChI=1S/C9H14N2.C2H4O2/c10-7-9(11)6-8-4-2-1-3-5-8;1-2(3)4/h1-5,9H,6-7,10-11H2;1H3,(H,3,4). The molecule has 5 N–H and O–H groups in total. The Morgan fingerprint density at radius 3 is 2.27 bits per heavy atom. The molecule has 0 spiro atoms. The maximum atomic E-state index is 9.00. The van der Waals surface area contributed by atoms with Crippen molar-refractivity contribution in [3.05, 3.63) is 35.9 Å². The van der Waals surface area contributed by atoms with E-state index in [1.165, 1.54) is 5.56 Å². The fourth-order valence-corrected chi connectivity index (χ4v) is 1.00. The molecule has 0 saturated carbocycles. The quantitative estimate of drug-likeness (QED) is 0.681. The topological polar surface area (TPSA) is 89.3 Å². The highest BCUT2D eigenvalue weighted by Gasteiger charge is 1.99. The number of carbonyl (C=O) groups is 1. The summed E-state index contributed by atoms with van der Waals surface area (Å²) < 4.78 is 0. The third kappa shape index (κ3) is 8.93. The largest absolute Gasteiger partial charge is 0.481 e. The van der Waals surface area contributed by atoms with Gasteiger partial charge in [-0.3, -0.25) is 4.79 Å². The zero-order valence-corrected chi connectivity index (χ0v) is 8.89. The average molecular weight is 210 g/mol. The van der Waals surface area contributed by atoms with Crippen molar-refractivity contribution >= 4 is 5.97 Å². The zero-order valence-electron chi connectivity index (χ0n) is 8.89. The summed E-state index contributed by atoms with van der Waals surface area (Å²) >= 11 is 0. The van der Waals surface area contributed by atoms with Crippen LogP contribution in [-0.2, 0) is 11.2 Å². The number of hydrogen-bond donors (Lipinski definition) is 3. The van der Waals surface area contributed by atoms with Gasteiger partial charge in [-0.25, -0.2) is 0 Å². The highest BCUT2D eigenvalue weighted by atomic mass is 16.4. The van der Waals surface area contributed by atoms with Crippen molar-refractivity contribution in [3.8, 4) is 0 Å². The molecule has 4 nitrogen and oxygen atoms in total. The molecular formula is C11H18N2O2. The SMILES string of the molecule is CC(=O)O.NCC(N)Cc1ccccc1. The Balaban J connectivity index is 0.000000423. The molecule has 84 valence electrons. The lowest BCUT2D eigenvalue weighted by Crippen LogP contribution is -2.31. The second kappa shape index (κ2) is 7.96. The Morgan fingerprint density at radius 1 is 1.40 bits per heavy atom. The van der Waals surface area contributed by atoms with Crippen LogP contribution in [0.1, 0.15) is 12.5 Å². The van der Waals surface area contributed by atoms with Crippen LogP contribution in [0.15, 0.2) is 30.3 Å². The maximum Gasteiger partial charge on any atom is 0.300 e. The molecule has 1 rings (SSSR count). The van der Waals surface area contributed by atoms with Crippen molar-refractivity contribution in [2.75, 3.05) is 6.54 Å². The van der Waals surface area contributed by atoms with Crippen LogP contribution in [-0.4, -0.2) is 23.7 Å². The number of carboxylic acids is 1. The predicted molar refractivity (Wildman–Crippen MR) is 60.5 cm³/mol. The molecule has 0 aliphatic rings. The van der Waals surface area contributed by atoms with Gasteiger partial charge in [-0.1, -0.05) is 30.3 Å². The van der Waals surface area contributed by atoms with Crippen LogP contribution in [0.3, 0.4) is 0 Å². The first kappa shape index (κ1) is 13.6. The fourth-order valence-electron chi connectivity index (χ4n) is 1.00. The lowest BCUT2D eigenvalue weighted by atomic mass is 10.1. The first-order valence-electron chi connectivity index (χ1n) is 4.75. The van der Waals surface area contributed by atoms with E-state index in [2.05, 4.69) is 12.1 Å². The summed E-state index contributed by atoms with van der Waals surface area (Å²) in [6.07, 6.45) is 0.872. The minimum absolute atomic E-state index is 0.0948. The summed E-state index contributed by atoms with van der Waals surface area (Å²) in [6, 6.07) is 10.2. The van der Waals surface area contributed by atoms with Gasteiger partial charge in [-0.15, -0.1) is 0 Å². The van der Waals surface area contributed by atoms with Gasteiger partial charge in [0.15, 0.2) is 0 Å². The Bertz CT molecular complexity index is 271. The molecule has 0 aromatic heterocycles. The molecule has 1 aromatic rings. The van der Waals surface area contributed by atoms with Crippen molar-refractivity contribution < 1.29 is 9.90 Å². The summed E-state index contributed by atoms with van der Waals surface area (Å²) in [5.74, 6) is -0.833. The average Bonchev–Trinajstić information content (AvgIpc) is 2.18. The number of hydrogen-bond acceptors (Lipinski definition) is 3. The zero-order chi connectivity index (χ0) is 11.7. The van der Waals surface area contributed by atoms with Gasteiger partial charge >= 0.3 is 0 Å². The minimum atomic E-state index is -0.833. The monoisotopic (exact) mass is 210 g/mol. The molecule has 1 aromatic carbocycles. The molecule has 0 fully saturated rings. The number of nitrogens with two attached hydrogens (primary N) is 2. The summed E-state index contributed by atoms with van der Waals surface area (Å²) in [5.41, 5.74) is 12.3. The van der Waals surface area contributed by atoms with Gasteiger partial charge in [-0.05, 0) is 12.0 Å². The third-order valence-corrected chi connectivity index (χ3v) is 1.64. The Hall–Kier alpha value is -1.39. The maximum absolute atomic E-state index is 9.00. The van der Waals surface area contributed by atoms with Crippen LogP contribution in [0.5, 0.6) is 0 Å². The molecule has 15 heavy (non-hydrogen) atoms. The fraction of sp³-hybridized carbons (Fsp3) is 0.364. The number of aliphatic carboxylic acids is 1. The first-order valence-corrected chi connectivity index (χ1v) is 4.75. The van der Waals surface area contributed by atoms with Crippen LogP contribution in [0, 0.1) is 0 Å². The molecule has 0 saturated heterocycles. The third-order valence-electron chi connectivity index (χ3n) is 1.64. The number of benzene rings is 1. The smallest absolute Gasteiger partial charge is 0.300 e. The number of rotatable bonds is 3. The lowest BCUT2D eigenvalue weighted by Gasteiger charge is -2.07. The van der Waals surface area contributed by atoms with Crippen molar-refractivity contribution in [1.29, 1.82) is 0 Å². The summed E-state index contributed by atoms with van der Waals surface area (Å²) in [7, 11) is 0. The van der Waals surface area contributed by atoms with Gasteiger partial charge in [0.2, 0.25) is 0 Å². The van der Waals surface area contributed by atoms with Crippen molar-refractivity contribution in [2.24, 2.45) is 11.5 Å². The van der Waals surface area contributed by atoms with Gasteiger partial charge in [0.1, 0.15) is 0 Å². The lowest BCUT2D eigenvalue weighted by molar-refractivity contribution is -0.134. The molecule has 0 amide bonds. The van der Waals surface area contributed by atoms with Crippen LogP contribution in [0.25, 0.3) is 0 Å². The highest BCUT2D eigenvalue weighted by Crippen LogP contribution is 2.00. The normalized spacial score (nSPS) is 11.1. The van der Waals surface area contributed by atoms with Gasteiger partial charge in [0.05, 0.1) is 0 Å². The molecule has 1 atom stereocenters. The Kier molecular flexibility index (Phi) is 7.23. The van der Waals surface area contributed by atoms with Gasteiger partial charge in [-0.2, -0.15) is 0 Å². The number of carboxylic acid groups (broad SMARTS) is 1. The molecule has 0 radical (unpaired) electrons. The van der Waals surface area contributed by atoms with Crippen LogP contribution in [0.2, 0.25) is 0 Å². The highest BCUT2D eigenvalue weighted by molar-refractivity contribution is 5.62. The van der Waals surface area contributed by atoms with Gasteiger partial charge in [0, 0.05) is 19.5 Å². The van der Waals surface area contributed by atoms with Crippen LogP contribution in [0.4, 0.5) is 0 Å². The molecule has 0 heterocycles. The summed E-state index contributed by atoms with van der Waals surface area (Å²) in [5, 5.41) is 7.42. The molecule has 0 aliphatic heterocycles. The van der Waals surface area contributed by atoms with Crippen molar-refractivity contribution in [1.82, 2.24) is 0 Å². The minimum Gasteiger partial charge on any atom is -0.481 e. The van der Waals surface area contributed by atoms with E-state index in [9.17, 15) is 0 Å². The van der Waals surface area contributed by atoms with E-state index >= 15 is 0 Å². The van der Waals surface area contributed by atoms with E-state index in [-0.39, 0.29) is 6.04 Å². The Morgan fingerprint density at radius 2 is 1.87 bits per heavy atom. The Labute approximate surface area is 89.9 Å². The first-order chi connectivity index (χ1) is 7.06. The molecule has 0 aliphatic carbocycles. The van der Waals surface area contributed by atoms with Crippen molar-refractivity contribution in [2.45, 2.75) is 19.4 Å². The van der Waals surface area contributed by atoms with E-state index in [1.807, 2.05) is 18.2 Å². The van der Waals surface area contributed by atoms with Crippen LogP contribution < -0.4 is 11.5 Å². The second-order valence-electron chi connectivity index (χ2n) is 3.20. The molecular weight excluding hydrogens is 192 g/mol. The predicted octanol–water partition coefficient (Wildman–Crippen LogP) is 0.606. The van der Waals surface area contributed by atoms with Gasteiger partial charge in [0.25, 0.3) is 5.97 Å². The second-order valence-corrected chi connectivity index (χ2v) is 3.20. The van der Waals surface area contributed by atoms with Crippen LogP contribution >= 0.6 is 0 Å². The molecule has 4 heteroatoms.